The Bertz CT molecular complexity index is 995. The molecule has 1 N–H and O–H groups in total. The van der Waals surface area contributed by atoms with Crippen molar-refractivity contribution in [2.45, 2.75) is 49.9 Å². The molecule has 6 heteroatoms. The zero-order chi connectivity index (χ0) is 19.7. The molecule has 3 aromatic rings. The summed E-state index contributed by atoms with van der Waals surface area (Å²) in [6.45, 7) is 5.91. The van der Waals surface area contributed by atoms with Crippen molar-refractivity contribution >= 4 is 23.4 Å². The first-order valence-electron chi connectivity index (χ1n) is 9.58. The molecule has 0 bridgehead atoms. The maximum Gasteiger partial charge on any atom is 0.237 e. The predicted molar refractivity (Wildman–Crippen MR) is 113 cm³/mol. The molecule has 1 aliphatic carbocycles. The van der Waals surface area contributed by atoms with Crippen LogP contribution in [0.2, 0.25) is 0 Å². The van der Waals surface area contributed by atoms with E-state index in [-0.39, 0.29) is 11.2 Å². The number of aryl methyl sites for hydroxylation is 2. The van der Waals surface area contributed by atoms with Crippen molar-refractivity contribution in [3.8, 4) is 5.69 Å². The monoisotopic (exact) mass is 392 g/mol. The molecule has 1 atom stereocenters. The number of hydrogen-bond acceptors (Lipinski definition) is 4. The topological polar surface area (TPSA) is 59.8 Å². The van der Waals surface area contributed by atoms with Gasteiger partial charge in [-0.25, -0.2) is 9.67 Å². The predicted octanol–water partition coefficient (Wildman–Crippen LogP) is 4.88. The summed E-state index contributed by atoms with van der Waals surface area (Å²) in [4.78, 5) is 17.4. The van der Waals surface area contributed by atoms with Crippen molar-refractivity contribution < 1.29 is 4.79 Å². The van der Waals surface area contributed by atoms with E-state index >= 15 is 0 Å². The number of nitrogens with one attached hydrogen (secondary N) is 1. The minimum atomic E-state index is -0.293. The van der Waals surface area contributed by atoms with Crippen molar-refractivity contribution in [3.05, 3.63) is 65.5 Å². The number of rotatable bonds is 6. The second-order valence-corrected chi connectivity index (χ2v) is 8.65. The molecule has 1 aromatic heterocycles. The van der Waals surface area contributed by atoms with Crippen LogP contribution in [0.5, 0.6) is 0 Å². The Labute approximate surface area is 169 Å². The molecular weight excluding hydrogens is 368 g/mol. The highest BCUT2D eigenvalue weighted by Gasteiger charge is 2.31. The third-order valence-electron chi connectivity index (χ3n) is 4.86. The van der Waals surface area contributed by atoms with Crippen molar-refractivity contribution in [2.75, 3.05) is 5.32 Å². The number of amides is 1. The van der Waals surface area contributed by atoms with Gasteiger partial charge in [-0.15, -0.1) is 5.10 Å². The molecule has 0 unspecified atom stereocenters. The number of nitrogens with zero attached hydrogens (tertiary/aromatic N) is 3. The van der Waals surface area contributed by atoms with Crippen LogP contribution in [0.15, 0.2) is 53.7 Å². The number of aromatic nitrogens is 3. The van der Waals surface area contributed by atoms with E-state index in [4.69, 9.17) is 10.1 Å². The van der Waals surface area contributed by atoms with Crippen LogP contribution >= 0.6 is 11.8 Å². The number of benzene rings is 2. The molecule has 1 heterocycles. The van der Waals surface area contributed by atoms with E-state index < -0.39 is 0 Å². The Hall–Kier alpha value is -2.60. The summed E-state index contributed by atoms with van der Waals surface area (Å²) in [6, 6.07) is 16.1. The fourth-order valence-corrected chi connectivity index (χ4v) is 3.79. The molecule has 1 saturated carbocycles. The lowest BCUT2D eigenvalue weighted by Crippen LogP contribution is -2.23. The van der Waals surface area contributed by atoms with Gasteiger partial charge in [-0.3, -0.25) is 4.79 Å². The van der Waals surface area contributed by atoms with Crippen LogP contribution in [0.1, 0.15) is 42.6 Å². The van der Waals surface area contributed by atoms with Crippen LogP contribution in [0.25, 0.3) is 5.69 Å². The minimum absolute atomic E-state index is 0.0391. The first-order chi connectivity index (χ1) is 13.5. The summed E-state index contributed by atoms with van der Waals surface area (Å²) in [5.74, 6) is 1.43. The number of thioether (sulfide) groups is 1. The van der Waals surface area contributed by atoms with Gasteiger partial charge in [-0.1, -0.05) is 42.1 Å². The normalized spacial score (nSPS) is 14.7. The zero-order valence-electron chi connectivity index (χ0n) is 16.3. The molecule has 1 amide bonds. The lowest BCUT2D eigenvalue weighted by atomic mass is 10.1. The lowest BCUT2D eigenvalue weighted by Gasteiger charge is -2.12. The fourth-order valence-electron chi connectivity index (χ4n) is 3.04. The van der Waals surface area contributed by atoms with Gasteiger partial charge in [0.2, 0.25) is 11.1 Å². The molecule has 144 valence electrons. The summed E-state index contributed by atoms with van der Waals surface area (Å²) in [7, 11) is 0. The average Bonchev–Trinajstić information content (AvgIpc) is 3.45. The number of para-hydroxylation sites is 1. The first kappa shape index (κ1) is 18.7. The van der Waals surface area contributed by atoms with E-state index in [9.17, 15) is 4.79 Å². The smallest absolute Gasteiger partial charge is 0.237 e. The van der Waals surface area contributed by atoms with E-state index in [0.717, 1.165) is 41.2 Å². The van der Waals surface area contributed by atoms with Gasteiger partial charge in [0.1, 0.15) is 5.82 Å². The van der Waals surface area contributed by atoms with Gasteiger partial charge in [0.25, 0.3) is 0 Å². The lowest BCUT2D eigenvalue weighted by molar-refractivity contribution is -0.115. The Morgan fingerprint density at radius 1 is 1.18 bits per heavy atom. The van der Waals surface area contributed by atoms with Crippen LogP contribution < -0.4 is 5.32 Å². The fraction of sp³-hybridized carbons (Fsp3) is 0.318. The van der Waals surface area contributed by atoms with Gasteiger partial charge in [0, 0.05) is 11.6 Å². The molecule has 4 rings (SSSR count). The molecule has 28 heavy (non-hydrogen) atoms. The van der Waals surface area contributed by atoms with Crippen LogP contribution in [0, 0.1) is 13.8 Å². The molecular formula is C22H24N4OS. The molecule has 2 aromatic carbocycles. The molecule has 0 saturated heterocycles. The molecule has 0 spiro atoms. The van der Waals surface area contributed by atoms with Crippen LogP contribution in [-0.2, 0) is 4.79 Å². The zero-order valence-corrected chi connectivity index (χ0v) is 17.2. The number of hydrogen-bond donors (Lipinski definition) is 1. The molecule has 1 fully saturated rings. The molecule has 5 nitrogen and oxygen atoms in total. The summed E-state index contributed by atoms with van der Waals surface area (Å²) >= 11 is 1.40. The highest BCUT2D eigenvalue weighted by molar-refractivity contribution is 8.00. The van der Waals surface area contributed by atoms with E-state index in [1.165, 1.54) is 11.8 Å². The second kappa shape index (κ2) is 7.80. The minimum Gasteiger partial charge on any atom is -0.325 e. The van der Waals surface area contributed by atoms with Gasteiger partial charge >= 0.3 is 0 Å². The van der Waals surface area contributed by atoms with Crippen molar-refractivity contribution in [1.82, 2.24) is 14.8 Å². The Morgan fingerprint density at radius 3 is 2.64 bits per heavy atom. The van der Waals surface area contributed by atoms with Gasteiger partial charge < -0.3 is 5.32 Å². The van der Waals surface area contributed by atoms with E-state index in [1.807, 2.05) is 74.0 Å². The Kier molecular flexibility index (Phi) is 5.22. The van der Waals surface area contributed by atoms with Crippen LogP contribution in [-0.4, -0.2) is 25.9 Å². The second-order valence-electron chi connectivity index (χ2n) is 7.34. The summed E-state index contributed by atoms with van der Waals surface area (Å²) in [5.41, 5.74) is 4.05. The van der Waals surface area contributed by atoms with Crippen molar-refractivity contribution in [2.24, 2.45) is 0 Å². The average molecular weight is 393 g/mol. The highest BCUT2D eigenvalue weighted by Crippen LogP contribution is 2.40. The maximum atomic E-state index is 12.7. The van der Waals surface area contributed by atoms with Gasteiger partial charge in [0.15, 0.2) is 0 Å². The summed E-state index contributed by atoms with van der Waals surface area (Å²) in [5, 5.41) is 8.08. The molecule has 0 aliphatic heterocycles. The first-order valence-corrected chi connectivity index (χ1v) is 10.5. The quantitative estimate of drug-likeness (QED) is 0.607. The van der Waals surface area contributed by atoms with E-state index in [1.54, 1.807) is 0 Å². The van der Waals surface area contributed by atoms with E-state index in [2.05, 4.69) is 5.32 Å². The van der Waals surface area contributed by atoms with E-state index in [0.29, 0.717) is 11.1 Å². The maximum absolute atomic E-state index is 12.7. The number of carbonyl (C=O) groups excluding carboxylic acids is 1. The van der Waals surface area contributed by atoms with Crippen molar-refractivity contribution in [3.63, 3.8) is 0 Å². The van der Waals surface area contributed by atoms with Gasteiger partial charge in [-0.2, -0.15) is 0 Å². The molecule has 1 aliphatic rings. The van der Waals surface area contributed by atoms with Gasteiger partial charge in [0.05, 0.1) is 10.9 Å². The molecule has 0 radical (unpaired) electrons. The largest absolute Gasteiger partial charge is 0.325 e. The Morgan fingerprint density at radius 2 is 1.93 bits per heavy atom. The van der Waals surface area contributed by atoms with Crippen LogP contribution in [0.4, 0.5) is 5.69 Å². The third-order valence-corrected chi connectivity index (χ3v) is 5.81. The summed E-state index contributed by atoms with van der Waals surface area (Å²) < 4.78 is 1.93. The SMILES string of the molecule is Cc1ccc(C)c(NC(=O)[C@@H](C)Sc2nc(C3CC3)n(-c3ccccc3)n2)c1. The summed E-state index contributed by atoms with van der Waals surface area (Å²) in [6.07, 6.45) is 2.30. The third kappa shape index (κ3) is 4.12. The van der Waals surface area contributed by atoms with Gasteiger partial charge in [-0.05, 0) is 62.9 Å². The standard InChI is InChI=1S/C22H24N4OS/c1-14-9-10-15(2)19(13-14)23-21(27)16(3)28-22-24-20(17-11-12-17)26(25-22)18-7-5-4-6-8-18/h4-10,13,16-17H,11-12H2,1-3H3,(H,23,27)/t16-/m1/s1. The number of carbonyl (C=O) groups is 1. The number of anilines is 1. The Balaban J connectivity index is 1.50. The van der Waals surface area contributed by atoms with Crippen molar-refractivity contribution in [1.29, 1.82) is 0 Å². The highest BCUT2D eigenvalue weighted by atomic mass is 32.2. The van der Waals surface area contributed by atoms with Crippen LogP contribution in [0.3, 0.4) is 0 Å².